The van der Waals surface area contributed by atoms with Crippen LogP contribution in [0.3, 0.4) is 0 Å². The Morgan fingerprint density at radius 3 is 3.09 bits per heavy atom. The van der Waals surface area contributed by atoms with Gasteiger partial charge in [0, 0.05) is 11.1 Å². The van der Waals surface area contributed by atoms with E-state index in [2.05, 4.69) is 22.4 Å². The van der Waals surface area contributed by atoms with E-state index >= 15 is 0 Å². The van der Waals surface area contributed by atoms with E-state index in [9.17, 15) is 4.79 Å². The number of amides is 1. The Balaban J connectivity index is 1.70. The van der Waals surface area contributed by atoms with Crippen molar-refractivity contribution in [3.8, 4) is 0 Å². The molecule has 0 aromatic carbocycles. The fourth-order valence-corrected chi connectivity index (χ4v) is 3.74. The zero-order chi connectivity index (χ0) is 15.5. The molecule has 2 aromatic heterocycles. The molecule has 1 atom stereocenters. The molecule has 5 heteroatoms. The molecule has 2 heterocycles. The molecule has 4 nitrogen and oxygen atoms in total. The summed E-state index contributed by atoms with van der Waals surface area (Å²) in [4.78, 5) is 18.6. The first-order valence-corrected chi connectivity index (χ1v) is 8.32. The zero-order valence-corrected chi connectivity index (χ0v) is 13.6. The highest BCUT2D eigenvalue weighted by Crippen LogP contribution is 2.32. The molecule has 1 aliphatic rings. The minimum absolute atomic E-state index is 0.137. The summed E-state index contributed by atoms with van der Waals surface area (Å²) in [6.07, 6.45) is 5.09. The molecule has 0 unspecified atom stereocenters. The molecular formula is C17H19N3OS. The first kappa shape index (κ1) is 14.9. The third-order valence-electron chi connectivity index (χ3n) is 3.91. The molecule has 114 valence electrons. The second-order valence-electron chi connectivity index (χ2n) is 5.76. The molecule has 2 aromatic rings. The average Bonchev–Trinajstić information content (AvgIpc) is 2.96. The molecule has 1 amide bonds. The van der Waals surface area contributed by atoms with Crippen molar-refractivity contribution < 1.29 is 4.79 Å². The van der Waals surface area contributed by atoms with Gasteiger partial charge in [-0.15, -0.1) is 11.3 Å². The monoisotopic (exact) mass is 313 g/mol. The van der Waals surface area contributed by atoms with Crippen LogP contribution < -0.4 is 5.43 Å². The van der Waals surface area contributed by atoms with Gasteiger partial charge < -0.3 is 0 Å². The van der Waals surface area contributed by atoms with Gasteiger partial charge in [-0.25, -0.2) is 5.43 Å². The molecular weight excluding hydrogens is 294 g/mol. The highest BCUT2D eigenvalue weighted by Gasteiger charge is 2.20. The van der Waals surface area contributed by atoms with Crippen molar-refractivity contribution in [1.82, 2.24) is 10.4 Å². The molecule has 0 spiro atoms. The van der Waals surface area contributed by atoms with Crippen LogP contribution >= 0.6 is 11.3 Å². The van der Waals surface area contributed by atoms with Crippen LogP contribution in [0.5, 0.6) is 0 Å². The second kappa shape index (κ2) is 6.40. The maximum absolute atomic E-state index is 12.3. The Kier molecular flexibility index (Phi) is 4.34. The van der Waals surface area contributed by atoms with E-state index in [0.29, 0.717) is 11.6 Å². The first-order valence-electron chi connectivity index (χ1n) is 7.51. The van der Waals surface area contributed by atoms with Crippen LogP contribution in [0.25, 0.3) is 0 Å². The summed E-state index contributed by atoms with van der Waals surface area (Å²) >= 11 is 1.60. The third-order valence-corrected chi connectivity index (χ3v) is 5.15. The average molecular weight is 313 g/mol. The van der Waals surface area contributed by atoms with Gasteiger partial charge in [-0.05, 0) is 55.9 Å². The summed E-state index contributed by atoms with van der Waals surface area (Å²) in [5.74, 6) is 0.574. The van der Waals surface area contributed by atoms with Crippen LogP contribution in [0.4, 0.5) is 0 Å². The van der Waals surface area contributed by atoms with Crippen molar-refractivity contribution in [2.45, 2.75) is 33.1 Å². The topological polar surface area (TPSA) is 54.4 Å². The lowest BCUT2D eigenvalue weighted by atomic mass is 9.90. The number of hydrogen-bond donors (Lipinski definition) is 1. The number of aromatic nitrogens is 1. The van der Waals surface area contributed by atoms with Gasteiger partial charge in [0.2, 0.25) is 0 Å². The number of pyridine rings is 1. The van der Waals surface area contributed by atoms with Crippen molar-refractivity contribution >= 4 is 23.0 Å². The molecule has 0 saturated heterocycles. The van der Waals surface area contributed by atoms with Crippen LogP contribution in [0.1, 0.15) is 46.1 Å². The number of nitrogens with one attached hydrogen (secondary N) is 1. The van der Waals surface area contributed by atoms with E-state index in [4.69, 9.17) is 0 Å². The predicted octanol–water partition coefficient (Wildman–Crippen LogP) is 3.42. The van der Waals surface area contributed by atoms with Gasteiger partial charge in [-0.3, -0.25) is 9.78 Å². The van der Waals surface area contributed by atoms with Crippen LogP contribution in [0.15, 0.2) is 35.6 Å². The molecule has 22 heavy (non-hydrogen) atoms. The van der Waals surface area contributed by atoms with E-state index in [-0.39, 0.29) is 5.91 Å². The number of aryl methyl sites for hydroxylation is 1. The number of carbonyl (C=O) groups excluding carboxylic acids is 1. The maximum atomic E-state index is 12.3. The van der Waals surface area contributed by atoms with Gasteiger partial charge in [-0.1, -0.05) is 13.0 Å². The highest BCUT2D eigenvalue weighted by atomic mass is 32.1. The van der Waals surface area contributed by atoms with Crippen molar-refractivity contribution in [3.63, 3.8) is 0 Å². The Bertz CT molecular complexity index is 706. The second-order valence-corrected chi connectivity index (χ2v) is 6.90. The van der Waals surface area contributed by atoms with Gasteiger partial charge >= 0.3 is 0 Å². The predicted molar refractivity (Wildman–Crippen MR) is 89.4 cm³/mol. The van der Waals surface area contributed by atoms with E-state index in [1.165, 1.54) is 16.9 Å². The number of hydrogen-bond acceptors (Lipinski definition) is 4. The number of hydrazone groups is 1. The normalized spacial score (nSPS) is 17.9. The van der Waals surface area contributed by atoms with Gasteiger partial charge in [0.1, 0.15) is 0 Å². The lowest BCUT2D eigenvalue weighted by Crippen LogP contribution is -2.18. The van der Waals surface area contributed by atoms with Crippen LogP contribution in [-0.2, 0) is 12.8 Å². The Morgan fingerprint density at radius 2 is 2.32 bits per heavy atom. The Hall–Kier alpha value is -2.01. The van der Waals surface area contributed by atoms with Crippen molar-refractivity contribution in [2.24, 2.45) is 11.0 Å². The number of carbonyl (C=O) groups is 1. The minimum atomic E-state index is -0.137. The smallest absolute Gasteiger partial charge is 0.266 e. The van der Waals surface area contributed by atoms with E-state index < -0.39 is 0 Å². The SMILES string of the molecule is C/C(=N/NC(=O)c1cc2c(s1)CC[C@@H](C)C2)c1ccccn1. The minimum Gasteiger partial charge on any atom is -0.266 e. The number of nitrogens with zero attached hydrogens (tertiary/aromatic N) is 2. The molecule has 0 radical (unpaired) electrons. The van der Waals surface area contributed by atoms with E-state index in [1.54, 1.807) is 17.5 Å². The molecule has 0 bridgehead atoms. The van der Waals surface area contributed by atoms with Gasteiger partial charge in [0.15, 0.2) is 0 Å². The van der Waals surface area contributed by atoms with E-state index in [0.717, 1.165) is 23.4 Å². The zero-order valence-electron chi connectivity index (χ0n) is 12.8. The van der Waals surface area contributed by atoms with Crippen molar-refractivity contribution in [1.29, 1.82) is 0 Å². The molecule has 0 fully saturated rings. The van der Waals surface area contributed by atoms with Gasteiger partial charge in [0.05, 0.1) is 16.3 Å². The quantitative estimate of drug-likeness (QED) is 0.697. The molecule has 0 aliphatic heterocycles. The summed E-state index contributed by atoms with van der Waals surface area (Å²) in [6.45, 7) is 4.10. The fourth-order valence-electron chi connectivity index (χ4n) is 2.64. The summed E-state index contributed by atoms with van der Waals surface area (Å²) in [5.41, 5.74) is 5.43. The van der Waals surface area contributed by atoms with Crippen LogP contribution in [0, 0.1) is 5.92 Å². The largest absolute Gasteiger partial charge is 0.281 e. The van der Waals surface area contributed by atoms with Crippen LogP contribution in [0.2, 0.25) is 0 Å². The Labute approximate surface area is 134 Å². The van der Waals surface area contributed by atoms with Crippen LogP contribution in [-0.4, -0.2) is 16.6 Å². The Morgan fingerprint density at radius 1 is 1.45 bits per heavy atom. The maximum Gasteiger partial charge on any atom is 0.281 e. The van der Waals surface area contributed by atoms with Gasteiger partial charge in [0.25, 0.3) is 5.91 Å². The summed E-state index contributed by atoms with van der Waals surface area (Å²) in [7, 11) is 0. The van der Waals surface area contributed by atoms with E-state index in [1.807, 2.05) is 31.2 Å². The fraction of sp³-hybridized carbons (Fsp3) is 0.353. The van der Waals surface area contributed by atoms with Crippen molar-refractivity contribution in [3.05, 3.63) is 51.5 Å². The third kappa shape index (κ3) is 3.25. The van der Waals surface area contributed by atoms with Gasteiger partial charge in [-0.2, -0.15) is 5.10 Å². The number of thiophene rings is 1. The molecule has 1 aliphatic carbocycles. The highest BCUT2D eigenvalue weighted by molar-refractivity contribution is 7.14. The lowest BCUT2D eigenvalue weighted by molar-refractivity contribution is 0.0959. The summed E-state index contributed by atoms with van der Waals surface area (Å²) in [6, 6.07) is 7.65. The summed E-state index contributed by atoms with van der Waals surface area (Å²) in [5, 5.41) is 4.15. The lowest BCUT2D eigenvalue weighted by Gasteiger charge is -2.16. The summed E-state index contributed by atoms with van der Waals surface area (Å²) < 4.78 is 0. The molecule has 0 saturated carbocycles. The molecule has 3 rings (SSSR count). The number of rotatable bonds is 3. The first-order chi connectivity index (χ1) is 10.6. The molecule has 1 N–H and O–H groups in total. The number of fused-ring (bicyclic) bond motifs is 1. The van der Waals surface area contributed by atoms with Crippen molar-refractivity contribution in [2.75, 3.05) is 0 Å². The standard InChI is InChI=1S/C17H19N3OS/c1-11-6-7-15-13(9-11)10-16(22-15)17(21)20-19-12(2)14-5-3-4-8-18-14/h3-5,8,10-11H,6-7,9H2,1-2H3,(H,20,21)/b19-12-/t11-/m1/s1.